The maximum atomic E-state index is 12.8. The number of hydrogen-bond acceptors (Lipinski definition) is 3. The Bertz CT molecular complexity index is 869. The number of anilines is 1. The lowest BCUT2D eigenvalue weighted by Crippen LogP contribution is -2.12. The van der Waals surface area contributed by atoms with E-state index < -0.39 is 6.09 Å². The second-order valence-electron chi connectivity index (χ2n) is 5.14. The van der Waals surface area contributed by atoms with Gasteiger partial charge in [-0.3, -0.25) is 10.1 Å². The van der Waals surface area contributed by atoms with Crippen LogP contribution in [0.4, 0.5) is 10.5 Å². The highest BCUT2D eigenvalue weighted by molar-refractivity contribution is 6.13. The van der Waals surface area contributed by atoms with Crippen molar-refractivity contribution in [3.63, 3.8) is 0 Å². The summed E-state index contributed by atoms with van der Waals surface area (Å²) in [6.45, 7) is 0. The van der Waals surface area contributed by atoms with Gasteiger partial charge >= 0.3 is 6.09 Å². The molecule has 1 amide bonds. The normalized spacial score (nSPS) is 10.2. The van der Waals surface area contributed by atoms with Crippen molar-refractivity contribution in [3.05, 3.63) is 78.1 Å². The minimum atomic E-state index is -0.561. The van der Waals surface area contributed by atoms with Crippen LogP contribution >= 0.6 is 0 Å². The Balaban J connectivity index is 2.02. The molecule has 0 unspecified atom stereocenters. The lowest BCUT2D eigenvalue weighted by atomic mass is 9.97. The Morgan fingerprint density at radius 1 is 0.917 bits per heavy atom. The van der Waals surface area contributed by atoms with Gasteiger partial charge in [0.15, 0.2) is 5.78 Å². The third kappa shape index (κ3) is 3.05. The molecule has 0 aliphatic heterocycles. The average molecular weight is 320 g/mol. The Morgan fingerprint density at radius 3 is 2.38 bits per heavy atom. The first kappa shape index (κ1) is 15.6. The molecule has 1 aromatic heterocycles. The molecule has 120 valence electrons. The largest absolute Gasteiger partial charge is 0.453 e. The second kappa shape index (κ2) is 6.83. The number of aromatic nitrogens is 1. The van der Waals surface area contributed by atoms with Crippen LogP contribution < -0.4 is 5.32 Å². The Hall–Kier alpha value is -3.34. The molecule has 3 rings (SSSR count). The van der Waals surface area contributed by atoms with E-state index in [4.69, 9.17) is 0 Å². The highest BCUT2D eigenvalue weighted by Crippen LogP contribution is 2.31. The number of aromatic amines is 1. The van der Waals surface area contributed by atoms with Crippen LogP contribution in [-0.2, 0) is 4.74 Å². The van der Waals surface area contributed by atoms with E-state index in [2.05, 4.69) is 15.0 Å². The summed E-state index contributed by atoms with van der Waals surface area (Å²) in [7, 11) is 1.30. The molecule has 1 heterocycles. The van der Waals surface area contributed by atoms with Crippen LogP contribution in [0.3, 0.4) is 0 Å². The summed E-state index contributed by atoms with van der Waals surface area (Å²) in [4.78, 5) is 27.3. The second-order valence-corrected chi connectivity index (χ2v) is 5.14. The number of para-hydroxylation sites is 1. The fourth-order valence-electron chi connectivity index (χ4n) is 2.51. The third-order valence-corrected chi connectivity index (χ3v) is 3.67. The summed E-state index contributed by atoms with van der Waals surface area (Å²) < 4.78 is 4.65. The summed E-state index contributed by atoms with van der Waals surface area (Å²) in [5.74, 6) is -0.0836. The van der Waals surface area contributed by atoms with Gasteiger partial charge in [0.25, 0.3) is 0 Å². The van der Waals surface area contributed by atoms with Gasteiger partial charge in [-0.15, -0.1) is 0 Å². The number of carbonyl (C=O) groups is 2. The van der Waals surface area contributed by atoms with E-state index in [1.807, 2.05) is 30.3 Å². The van der Waals surface area contributed by atoms with Gasteiger partial charge in [0.05, 0.1) is 12.8 Å². The molecule has 0 aliphatic carbocycles. The van der Waals surface area contributed by atoms with Crippen LogP contribution in [0.2, 0.25) is 0 Å². The molecule has 0 aliphatic rings. The monoisotopic (exact) mass is 320 g/mol. The van der Waals surface area contributed by atoms with Crippen LogP contribution in [0, 0.1) is 0 Å². The summed E-state index contributed by atoms with van der Waals surface area (Å²) in [5, 5.41) is 2.67. The van der Waals surface area contributed by atoms with Gasteiger partial charge in [-0.05, 0) is 6.07 Å². The van der Waals surface area contributed by atoms with Crippen molar-refractivity contribution in [2.24, 2.45) is 0 Å². The summed E-state index contributed by atoms with van der Waals surface area (Å²) >= 11 is 0. The third-order valence-electron chi connectivity index (χ3n) is 3.67. The Labute approximate surface area is 139 Å². The summed E-state index contributed by atoms with van der Waals surface area (Å²) in [6, 6.07) is 16.3. The molecule has 2 aromatic carbocycles. The molecule has 5 heteroatoms. The van der Waals surface area contributed by atoms with Crippen molar-refractivity contribution in [2.75, 3.05) is 12.4 Å². The number of rotatable bonds is 4. The molecule has 2 N–H and O–H groups in total. The highest BCUT2D eigenvalue weighted by atomic mass is 16.5. The molecule has 0 saturated carbocycles. The highest BCUT2D eigenvalue weighted by Gasteiger charge is 2.18. The van der Waals surface area contributed by atoms with E-state index in [0.717, 1.165) is 11.1 Å². The molecular weight excluding hydrogens is 304 g/mol. The number of ether oxygens (including phenoxy) is 1. The van der Waals surface area contributed by atoms with Gasteiger partial charge in [-0.25, -0.2) is 4.79 Å². The van der Waals surface area contributed by atoms with Crippen LogP contribution in [0.1, 0.15) is 15.9 Å². The fraction of sp³-hybridized carbons (Fsp3) is 0.0526. The molecule has 0 bridgehead atoms. The van der Waals surface area contributed by atoms with Crippen molar-refractivity contribution in [2.45, 2.75) is 0 Å². The van der Waals surface area contributed by atoms with Crippen molar-refractivity contribution >= 4 is 17.6 Å². The predicted molar refractivity (Wildman–Crippen MR) is 92.1 cm³/mol. The van der Waals surface area contributed by atoms with Crippen molar-refractivity contribution in [1.29, 1.82) is 0 Å². The molecule has 0 radical (unpaired) electrons. The SMILES string of the molecule is COC(=O)Nc1ccccc1-c1c[nH]cc1C(=O)c1ccccc1. The van der Waals surface area contributed by atoms with Gasteiger partial charge in [0.2, 0.25) is 0 Å². The molecule has 0 atom stereocenters. The van der Waals surface area contributed by atoms with E-state index in [1.165, 1.54) is 7.11 Å². The number of carbonyl (C=O) groups excluding carboxylic acids is 2. The van der Waals surface area contributed by atoms with Crippen LogP contribution in [0.25, 0.3) is 11.1 Å². The topological polar surface area (TPSA) is 71.2 Å². The average Bonchev–Trinajstić information content (AvgIpc) is 3.11. The van der Waals surface area contributed by atoms with Gasteiger partial charge in [-0.1, -0.05) is 48.5 Å². The smallest absolute Gasteiger partial charge is 0.411 e. The van der Waals surface area contributed by atoms with Crippen molar-refractivity contribution in [1.82, 2.24) is 4.98 Å². The number of methoxy groups -OCH3 is 1. The summed E-state index contributed by atoms with van der Waals surface area (Å²) in [5.41, 5.74) is 3.18. The zero-order valence-electron chi connectivity index (χ0n) is 13.1. The zero-order valence-corrected chi connectivity index (χ0v) is 13.1. The quantitative estimate of drug-likeness (QED) is 0.711. The van der Waals surface area contributed by atoms with E-state index in [0.29, 0.717) is 16.8 Å². The molecule has 0 fully saturated rings. The Kier molecular flexibility index (Phi) is 4.43. The standard InChI is InChI=1S/C19H16N2O3/c1-24-19(23)21-17-10-6-5-9-14(17)15-11-20-12-16(15)18(22)13-7-3-2-4-8-13/h2-12,20H,1H3,(H,21,23). The van der Waals surface area contributed by atoms with Crippen molar-refractivity contribution in [3.8, 4) is 11.1 Å². The van der Waals surface area contributed by atoms with E-state index >= 15 is 0 Å². The minimum absolute atomic E-state index is 0.0836. The number of ketones is 1. The van der Waals surface area contributed by atoms with Crippen LogP contribution in [-0.4, -0.2) is 24.0 Å². The van der Waals surface area contributed by atoms with Crippen molar-refractivity contribution < 1.29 is 14.3 Å². The van der Waals surface area contributed by atoms with E-state index in [-0.39, 0.29) is 5.78 Å². The minimum Gasteiger partial charge on any atom is -0.453 e. The summed E-state index contributed by atoms with van der Waals surface area (Å²) in [6.07, 6.45) is 2.85. The Morgan fingerprint density at radius 2 is 1.62 bits per heavy atom. The lowest BCUT2D eigenvalue weighted by molar-refractivity contribution is 0.103. The van der Waals surface area contributed by atoms with Gasteiger partial charge in [0, 0.05) is 34.6 Å². The number of nitrogens with one attached hydrogen (secondary N) is 2. The zero-order chi connectivity index (χ0) is 16.9. The first-order chi connectivity index (χ1) is 11.7. The van der Waals surface area contributed by atoms with Crippen LogP contribution in [0.5, 0.6) is 0 Å². The van der Waals surface area contributed by atoms with Gasteiger partial charge < -0.3 is 9.72 Å². The molecule has 5 nitrogen and oxygen atoms in total. The predicted octanol–water partition coefficient (Wildman–Crippen LogP) is 4.09. The fourth-order valence-corrected chi connectivity index (χ4v) is 2.51. The van der Waals surface area contributed by atoms with E-state index in [1.54, 1.807) is 36.7 Å². The number of H-pyrrole nitrogens is 1. The lowest BCUT2D eigenvalue weighted by Gasteiger charge is -2.11. The maximum Gasteiger partial charge on any atom is 0.411 e. The number of benzene rings is 2. The first-order valence-electron chi connectivity index (χ1n) is 7.41. The molecule has 0 spiro atoms. The molecular formula is C19H16N2O3. The molecule has 3 aromatic rings. The molecule has 24 heavy (non-hydrogen) atoms. The maximum absolute atomic E-state index is 12.8. The van der Waals surface area contributed by atoms with E-state index in [9.17, 15) is 9.59 Å². The van der Waals surface area contributed by atoms with Crippen LogP contribution in [0.15, 0.2) is 67.0 Å². The van der Waals surface area contributed by atoms with Gasteiger partial charge in [0.1, 0.15) is 0 Å². The first-order valence-corrected chi connectivity index (χ1v) is 7.41. The van der Waals surface area contributed by atoms with Gasteiger partial charge in [-0.2, -0.15) is 0 Å². The number of hydrogen-bond donors (Lipinski definition) is 2. The number of amides is 1. The molecule has 0 saturated heterocycles.